The van der Waals surface area contributed by atoms with Crippen molar-refractivity contribution < 1.29 is 9.53 Å². The number of hydrogen-bond acceptors (Lipinski definition) is 5. The number of rotatable bonds is 7. The van der Waals surface area contributed by atoms with Crippen LogP contribution >= 0.6 is 11.3 Å². The summed E-state index contributed by atoms with van der Waals surface area (Å²) < 4.78 is 6.78. The van der Waals surface area contributed by atoms with Crippen molar-refractivity contribution in [2.75, 3.05) is 13.2 Å². The van der Waals surface area contributed by atoms with Crippen molar-refractivity contribution in [2.45, 2.75) is 13.5 Å². The molecule has 0 fully saturated rings. The summed E-state index contributed by atoms with van der Waals surface area (Å²) in [6, 6.07) is 14.6. The van der Waals surface area contributed by atoms with Gasteiger partial charge < -0.3 is 10.1 Å². The molecule has 0 radical (unpaired) electrons. The summed E-state index contributed by atoms with van der Waals surface area (Å²) in [7, 11) is 0. The fourth-order valence-corrected chi connectivity index (χ4v) is 2.99. The second kappa shape index (κ2) is 8.44. The first-order chi connectivity index (χ1) is 12.6. The third-order valence-corrected chi connectivity index (χ3v) is 4.57. The smallest absolute Gasteiger partial charge is 0.266 e. The predicted molar refractivity (Wildman–Crippen MR) is 101 cm³/mol. The minimum absolute atomic E-state index is 0.0688. The van der Waals surface area contributed by atoms with E-state index in [1.165, 1.54) is 10.7 Å². The molecule has 6 nitrogen and oxygen atoms in total. The number of benzene rings is 1. The lowest BCUT2D eigenvalue weighted by Gasteiger charge is -2.09. The lowest BCUT2D eigenvalue weighted by molar-refractivity contribution is -0.123. The molecule has 1 N–H and O–H groups in total. The van der Waals surface area contributed by atoms with Crippen LogP contribution in [0.3, 0.4) is 0 Å². The van der Waals surface area contributed by atoms with Crippen LogP contribution < -0.4 is 15.6 Å². The van der Waals surface area contributed by atoms with Crippen LogP contribution in [0.15, 0.2) is 58.7 Å². The summed E-state index contributed by atoms with van der Waals surface area (Å²) in [5.74, 6) is 0.403. The Kier molecular flexibility index (Phi) is 5.80. The van der Waals surface area contributed by atoms with E-state index >= 15 is 0 Å². The van der Waals surface area contributed by atoms with E-state index in [2.05, 4.69) is 10.4 Å². The molecule has 0 spiro atoms. The molecule has 1 amide bonds. The van der Waals surface area contributed by atoms with Crippen molar-refractivity contribution in [2.24, 2.45) is 0 Å². The van der Waals surface area contributed by atoms with Crippen LogP contribution in [0.5, 0.6) is 5.75 Å². The van der Waals surface area contributed by atoms with Gasteiger partial charge in [0.25, 0.3) is 11.5 Å². The second-order valence-corrected chi connectivity index (χ2v) is 6.66. The van der Waals surface area contributed by atoms with E-state index in [1.807, 2.05) is 48.7 Å². The summed E-state index contributed by atoms with van der Waals surface area (Å²) in [6.07, 6.45) is 0. The van der Waals surface area contributed by atoms with Gasteiger partial charge in [-0.25, -0.2) is 4.68 Å². The lowest BCUT2D eigenvalue weighted by atomic mass is 10.2. The van der Waals surface area contributed by atoms with Gasteiger partial charge in [0.1, 0.15) is 11.4 Å². The molecule has 2 heterocycles. The Morgan fingerprint density at radius 1 is 1.19 bits per heavy atom. The SMILES string of the molecule is Cc1ccc(OCC(=O)NCCn2nc(-c3cccs3)ccc2=O)cc1. The van der Waals surface area contributed by atoms with Gasteiger partial charge in [-0.3, -0.25) is 9.59 Å². The van der Waals surface area contributed by atoms with Crippen LogP contribution in [-0.2, 0) is 11.3 Å². The molecule has 0 aliphatic heterocycles. The Morgan fingerprint density at radius 3 is 2.73 bits per heavy atom. The Balaban J connectivity index is 1.49. The molecule has 3 rings (SSSR count). The van der Waals surface area contributed by atoms with Crippen molar-refractivity contribution >= 4 is 17.2 Å². The zero-order chi connectivity index (χ0) is 18.4. The topological polar surface area (TPSA) is 73.2 Å². The molecule has 0 aliphatic rings. The van der Waals surface area contributed by atoms with Crippen molar-refractivity contribution in [3.8, 4) is 16.3 Å². The largest absolute Gasteiger partial charge is 0.484 e. The fraction of sp³-hybridized carbons (Fsp3) is 0.211. The number of hydrogen-bond donors (Lipinski definition) is 1. The fourth-order valence-electron chi connectivity index (χ4n) is 2.30. The Bertz CT molecular complexity index is 918. The van der Waals surface area contributed by atoms with Crippen LogP contribution in [0, 0.1) is 6.92 Å². The minimum Gasteiger partial charge on any atom is -0.484 e. The summed E-state index contributed by atoms with van der Waals surface area (Å²) in [5, 5.41) is 9.04. The monoisotopic (exact) mass is 369 g/mol. The van der Waals surface area contributed by atoms with E-state index in [9.17, 15) is 9.59 Å². The zero-order valence-electron chi connectivity index (χ0n) is 14.3. The molecule has 7 heteroatoms. The van der Waals surface area contributed by atoms with E-state index in [0.717, 1.165) is 16.1 Å². The van der Waals surface area contributed by atoms with Gasteiger partial charge in [-0.15, -0.1) is 11.3 Å². The molecule has 2 aromatic heterocycles. The number of ether oxygens (including phenoxy) is 1. The summed E-state index contributed by atoms with van der Waals surface area (Å²) in [6.45, 7) is 2.52. The first kappa shape index (κ1) is 17.9. The molecule has 0 aliphatic carbocycles. The average Bonchev–Trinajstić information content (AvgIpc) is 3.17. The summed E-state index contributed by atoms with van der Waals surface area (Å²) in [4.78, 5) is 24.8. The van der Waals surface area contributed by atoms with E-state index in [1.54, 1.807) is 17.4 Å². The highest BCUT2D eigenvalue weighted by Gasteiger charge is 2.06. The Hall–Kier alpha value is -2.93. The maximum atomic E-state index is 11.9. The number of aryl methyl sites for hydroxylation is 1. The molecule has 0 saturated carbocycles. The van der Waals surface area contributed by atoms with Crippen LogP contribution in [0.4, 0.5) is 0 Å². The highest BCUT2D eigenvalue weighted by molar-refractivity contribution is 7.13. The Morgan fingerprint density at radius 2 is 2.00 bits per heavy atom. The minimum atomic E-state index is -0.243. The number of amides is 1. The molecular formula is C19H19N3O3S. The predicted octanol–water partition coefficient (Wildman–Crippen LogP) is 2.48. The van der Waals surface area contributed by atoms with Crippen LogP contribution in [0.2, 0.25) is 0 Å². The second-order valence-electron chi connectivity index (χ2n) is 5.71. The number of aromatic nitrogens is 2. The average molecular weight is 369 g/mol. The molecule has 1 aromatic carbocycles. The molecule has 134 valence electrons. The van der Waals surface area contributed by atoms with Crippen LogP contribution in [-0.4, -0.2) is 28.8 Å². The normalized spacial score (nSPS) is 10.5. The molecule has 0 unspecified atom stereocenters. The summed E-state index contributed by atoms with van der Waals surface area (Å²) >= 11 is 1.56. The Labute approximate surface area is 155 Å². The first-order valence-electron chi connectivity index (χ1n) is 8.20. The van der Waals surface area contributed by atoms with Gasteiger partial charge in [-0.1, -0.05) is 23.8 Å². The molecule has 0 atom stereocenters. The third kappa shape index (κ3) is 4.80. The number of nitrogens with one attached hydrogen (secondary N) is 1. The molecule has 0 saturated heterocycles. The molecule has 26 heavy (non-hydrogen) atoms. The third-order valence-electron chi connectivity index (χ3n) is 3.68. The summed E-state index contributed by atoms with van der Waals surface area (Å²) in [5.41, 5.74) is 1.67. The molecular weight excluding hydrogens is 350 g/mol. The number of nitrogens with zero attached hydrogens (tertiary/aromatic N) is 2. The van der Waals surface area contributed by atoms with Gasteiger partial charge in [0.15, 0.2) is 6.61 Å². The number of thiophene rings is 1. The van der Waals surface area contributed by atoms with Crippen LogP contribution in [0.1, 0.15) is 5.56 Å². The maximum Gasteiger partial charge on any atom is 0.266 e. The first-order valence-corrected chi connectivity index (χ1v) is 9.08. The van der Waals surface area contributed by atoms with Gasteiger partial charge in [-0.05, 0) is 36.6 Å². The van der Waals surface area contributed by atoms with Gasteiger partial charge >= 0.3 is 0 Å². The standard InChI is InChI=1S/C19H19N3O3S/c1-14-4-6-15(7-5-14)25-13-18(23)20-10-11-22-19(24)9-8-16(21-22)17-3-2-12-26-17/h2-9,12H,10-11,13H2,1H3,(H,20,23). The van der Waals surface area contributed by atoms with Crippen LogP contribution in [0.25, 0.3) is 10.6 Å². The van der Waals surface area contributed by atoms with E-state index in [4.69, 9.17) is 4.74 Å². The van der Waals surface area contributed by atoms with E-state index in [0.29, 0.717) is 18.8 Å². The van der Waals surface area contributed by atoms with Gasteiger partial charge in [0, 0.05) is 12.6 Å². The van der Waals surface area contributed by atoms with E-state index < -0.39 is 0 Å². The quantitative estimate of drug-likeness (QED) is 0.694. The maximum absolute atomic E-state index is 11.9. The van der Waals surface area contributed by atoms with E-state index in [-0.39, 0.29) is 18.1 Å². The number of carbonyl (C=O) groups excluding carboxylic acids is 1. The van der Waals surface area contributed by atoms with Gasteiger partial charge in [-0.2, -0.15) is 5.10 Å². The highest BCUT2D eigenvalue weighted by Crippen LogP contribution is 2.20. The van der Waals surface area contributed by atoms with Crippen molar-refractivity contribution in [3.63, 3.8) is 0 Å². The van der Waals surface area contributed by atoms with Crippen molar-refractivity contribution in [1.82, 2.24) is 15.1 Å². The zero-order valence-corrected chi connectivity index (χ0v) is 15.2. The molecule has 0 bridgehead atoms. The number of carbonyl (C=O) groups is 1. The highest BCUT2D eigenvalue weighted by atomic mass is 32.1. The van der Waals surface area contributed by atoms with Crippen molar-refractivity contribution in [3.05, 3.63) is 69.8 Å². The van der Waals surface area contributed by atoms with Crippen molar-refractivity contribution in [1.29, 1.82) is 0 Å². The molecule has 3 aromatic rings. The van der Waals surface area contributed by atoms with Gasteiger partial charge in [0.2, 0.25) is 0 Å². The lowest BCUT2D eigenvalue weighted by Crippen LogP contribution is -2.34. The van der Waals surface area contributed by atoms with Gasteiger partial charge in [0.05, 0.1) is 11.4 Å².